The Bertz CT molecular complexity index is 879. The Labute approximate surface area is 154 Å². The molecule has 26 heavy (non-hydrogen) atoms. The van der Waals surface area contributed by atoms with E-state index >= 15 is 0 Å². The molecule has 3 rings (SSSR count). The van der Waals surface area contributed by atoms with E-state index in [1.165, 1.54) is 13.4 Å². The number of nitrogens with zero attached hydrogens (tertiary/aromatic N) is 2. The summed E-state index contributed by atoms with van der Waals surface area (Å²) in [5.74, 6) is 1.59. The molecule has 0 aliphatic heterocycles. The third kappa shape index (κ3) is 4.41. The van der Waals surface area contributed by atoms with E-state index in [1.807, 2.05) is 7.05 Å². The molecule has 0 saturated carbocycles. The van der Waals surface area contributed by atoms with Crippen LogP contribution >= 0.6 is 11.6 Å². The van der Waals surface area contributed by atoms with Crippen molar-refractivity contribution in [1.29, 1.82) is 0 Å². The molecule has 0 radical (unpaired) electrons. The maximum absolute atomic E-state index is 12.3. The standard InChI is InChI=1S/C17H17ClN4O4/c1-22(10-16-20-21-17(26-16)14-4-3-7-25-14)9-15(23)19-12-8-11(18)5-6-13(12)24-2/h3-8H,9-10H2,1-2H3,(H,19,23)/p+1. The lowest BCUT2D eigenvalue weighted by molar-refractivity contribution is -0.886. The normalized spacial score (nSPS) is 12.0. The average molecular weight is 378 g/mol. The third-order valence-electron chi connectivity index (χ3n) is 3.55. The number of furan rings is 1. The minimum Gasteiger partial charge on any atom is -0.495 e. The van der Waals surface area contributed by atoms with Crippen LogP contribution in [0.3, 0.4) is 0 Å². The molecule has 0 spiro atoms. The fourth-order valence-electron chi connectivity index (χ4n) is 2.39. The van der Waals surface area contributed by atoms with E-state index in [0.717, 1.165) is 4.90 Å². The van der Waals surface area contributed by atoms with Gasteiger partial charge >= 0.3 is 0 Å². The number of anilines is 1. The van der Waals surface area contributed by atoms with Gasteiger partial charge in [0, 0.05) is 5.02 Å². The first-order valence-corrected chi connectivity index (χ1v) is 8.24. The molecular formula is C17H18ClN4O4+. The second-order valence-electron chi connectivity index (χ2n) is 5.68. The molecule has 0 fully saturated rings. The van der Waals surface area contributed by atoms with Crippen molar-refractivity contribution in [3.05, 3.63) is 47.5 Å². The Morgan fingerprint density at radius 1 is 1.35 bits per heavy atom. The average Bonchev–Trinajstić information content (AvgIpc) is 3.26. The molecule has 1 unspecified atom stereocenters. The molecule has 2 heterocycles. The highest BCUT2D eigenvalue weighted by atomic mass is 35.5. The van der Waals surface area contributed by atoms with Crippen molar-refractivity contribution in [3.8, 4) is 17.4 Å². The summed E-state index contributed by atoms with van der Waals surface area (Å²) in [4.78, 5) is 13.1. The second-order valence-corrected chi connectivity index (χ2v) is 6.12. The molecule has 0 bridgehead atoms. The molecule has 9 heteroatoms. The predicted octanol–water partition coefficient (Wildman–Crippen LogP) is 1.64. The van der Waals surface area contributed by atoms with E-state index in [0.29, 0.717) is 40.5 Å². The predicted molar refractivity (Wildman–Crippen MR) is 94.1 cm³/mol. The first kappa shape index (κ1) is 18.0. The van der Waals surface area contributed by atoms with Gasteiger partial charge in [-0.1, -0.05) is 11.6 Å². The van der Waals surface area contributed by atoms with Crippen molar-refractivity contribution in [1.82, 2.24) is 10.2 Å². The monoisotopic (exact) mass is 377 g/mol. The number of rotatable bonds is 7. The Morgan fingerprint density at radius 2 is 2.19 bits per heavy atom. The Balaban J connectivity index is 1.57. The van der Waals surface area contributed by atoms with Crippen LogP contribution in [0.1, 0.15) is 5.89 Å². The van der Waals surface area contributed by atoms with E-state index in [2.05, 4.69) is 15.5 Å². The largest absolute Gasteiger partial charge is 0.495 e. The minimum absolute atomic E-state index is 0.186. The lowest BCUT2D eigenvalue weighted by atomic mass is 10.3. The number of likely N-dealkylation sites (N-methyl/N-ethyl adjacent to an activating group) is 1. The number of amides is 1. The zero-order valence-corrected chi connectivity index (χ0v) is 15.0. The zero-order chi connectivity index (χ0) is 18.5. The van der Waals surface area contributed by atoms with Crippen molar-refractivity contribution in [2.24, 2.45) is 0 Å². The molecular weight excluding hydrogens is 360 g/mol. The number of carbonyl (C=O) groups is 1. The lowest BCUT2D eigenvalue weighted by Crippen LogP contribution is -3.08. The number of ether oxygens (including phenoxy) is 1. The van der Waals surface area contributed by atoms with Crippen LogP contribution in [-0.4, -0.2) is 36.8 Å². The van der Waals surface area contributed by atoms with Crippen LogP contribution in [0.5, 0.6) is 5.75 Å². The fraction of sp³-hybridized carbons (Fsp3) is 0.235. The summed E-state index contributed by atoms with van der Waals surface area (Å²) in [6.07, 6.45) is 1.53. The maximum Gasteiger partial charge on any atom is 0.283 e. The molecule has 2 N–H and O–H groups in total. The number of benzene rings is 1. The molecule has 0 aliphatic carbocycles. The number of carbonyl (C=O) groups excluding carboxylic acids is 1. The first-order chi connectivity index (χ1) is 12.5. The third-order valence-corrected chi connectivity index (χ3v) is 3.78. The molecule has 1 atom stereocenters. The van der Waals surface area contributed by atoms with Gasteiger partial charge in [-0.3, -0.25) is 4.79 Å². The number of quaternary nitrogens is 1. The smallest absolute Gasteiger partial charge is 0.283 e. The Morgan fingerprint density at radius 3 is 2.92 bits per heavy atom. The second kappa shape index (κ2) is 8.03. The quantitative estimate of drug-likeness (QED) is 0.650. The highest BCUT2D eigenvalue weighted by Gasteiger charge is 2.17. The van der Waals surface area contributed by atoms with Gasteiger partial charge in [-0.05, 0) is 30.3 Å². The van der Waals surface area contributed by atoms with Gasteiger partial charge < -0.3 is 23.8 Å². The number of aromatic nitrogens is 2. The van der Waals surface area contributed by atoms with Gasteiger partial charge in [0.05, 0.1) is 26.1 Å². The molecule has 0 aliphatic rings. The van der Waals surface area contributed by atoms with Crippen molar-refractivity contribution in [2.75, 3.05) is 26.0 Å². The van der Waals surface area contributed by atoms with Gasteiger partial charge in [0.1, 0.15) is 5.75 Å². The van der Waals surface area contributed by atoms with Gasteiger partial charge in [-0.15, -0.1) is 10.2 Å². The first-order valence-electron chi connectivity index (χ1n) is 7.86. The summed E-state index contributed by atoms with van der Waals surface area (Å²) in [5, 5.41) is 11.2. The van der Waals surface area contributed by atoms with E-state index in [9.17, 15) is 4.79 Å². The van der Waals surface area contributed by atoms with E-state index in [4.69, 9.17) is 25.2 Å². The van der Waals surface area contributed by atoms with Crippen LogP contribution in [0.15, 0.2) is 45.4 Å². The molecule has 136 valence electrons. The minimum atomic E-state index is -0.186. The summed E-state index contributed by atoms with van der Waals surface area (Å²) in [7, 11) is 3.38. The van der Waals surface area contributed by atoms with E-state index in [1.54, 1.807) is 30.3 Å². The van der Waals surface area contributed by atoms with Gasteiger partial charge in [0.15, 0.2) is 18.8 Å². The highest BCUT2D eigenvalue weighted by molar-refractivity contribution is 6.31. The Hall–Kier alpha value is -2.84. The van der Waals surface area contributed by atoms with Crippen molar-refractivity contribution in [3.63, 3.8) is 0 Å². The summed E-state index contributed by atoms with van der Waals surface area (Å²) >= 11 is 5.97. The van der Waals surface area contributed by atoms with Gasteiger partial charge in [-0.2, -0.15) is 0 Å². The molecule has 3 aromatic rings. The van der Waals surface area contributed by atoms with Crippen molar-refractivity contribution in [2.45, 2.75) is 6.54 Å². The van der Waals surface area contributed by atoms with Gasteiger partial charge in [0.2, 0.25) is 0 Å². The number of methoxy groups -OCH3 is 1. The number of halogens is 1. The zero-order valence-electron chi connectivity index (χ0n) is 14.3. The highest BCUT2D eigenvalue weighted by Crippen LogP contribution is 2.27. The number of hydrogen-bond acceptors (Lipinski definition) is 6. The van der Waals surface area contributed by atoms with E-state index in [-0.39, 0.29) is 12.5 Å². The Kier molecular flexibility index (Phi) is 5.55. The van der Waals surface area contributed by atoms with Crippen LogP contribution in [0.2, 0.25) is 5.02 Å². The van der Waals surface area contributed by atoms with Crippen LogP contribution < -0.4 is 15.0 Å². The van der Waals surface area contributed by atoms with Crippen molar-refractivity contribution < 1.29 is 23.3 Å². The van der Waals surface area contributed by atoms with Crippen LogP contribution in [0.4, 0.5) is 5.69 Å². The topological polar surface area (TPSA) is 94.8 Å². The molecule has 1 amide bonds. The van der Waals surface area contributed by atoms with Gasteiger partial charge in [0.25, 0.3) is 17.7 Å². The molecule has 2 aromatic heterocycles. The summed E-state index contributed by atoms with van der Waals surface area (Å²) in [6.45, 7) is 0.599. The molecule has 1 aromatic carbocycles. The van der Waals surface area contributed by atoms with Crippen LogP contribution in [0.25, 0.3) is 11.7 Å². The van der Waals surface area contributed by atoms with Crippen molar-refractivity contribution >= 4 is 23.2 Å². The number of nitrogens with one attached hydrogen (secondary N) is 2. The summed E-state index contributed by atoms with van der Waals surface area (Å²) in [5.41, 5.74) is 0.524. The SMILES string of the molecule is COc1ccc(Cl)cc1NC(=O)C[NH+](C)Cc1nnc(-c2ccco2)o1. The number of hydrogen-bond donors (Lipinski definition) is 2. The van der Waals surface area contributed by atoms with Crippen LogP contribution in [-0.2, 0) is 11.3 Å². The summed E-state index contributed by atoms with van der Waals surface area (Å²) in [6, 6.07) is 8.51. The maximum atomic E-state index is 12.3. The lowest BCUT2D eigenvalue weighted by Gasteiger charge is -2.13. The van der Waals surface area contributed by atoms with Gasteiger partial charge in [-0.25, -0.2) is 0 Å². The summed E-state index contributed by atoms with van der Waals surface area (Å²) < 4.78 is 16.0. The molecule has 0 saturated heterocycles. The van der Waals surface area contributed by atoms with E-state index < -0.39 is 0 Å². The van der Waals surface area contributed by atoms with Crippen LogP contribution in [0, 0.1) is 0 Å². The fourth-order valence-corrected chi connectivity index (χ4v) is 2.56. The molecule has 8 nitrogen and oxygen atoms in total.